The molecule has 0 spiro atoms. The minimum absolute atomic E-state index is 0.419. The van der Waals surface area contributed by atoms with Crippen LogP contribution in [0.5, 0.6) is 0 Å². The molecule has 1 aromatic rings. The molecule has 0 aliphatic heterocycles. The van der Waals surface area contributed by atoms with Gasteiger partial charge in [0.25, 0.3) is 0 Å². The van der Waals surface area contributed by atoms with Crippen LogP contribution in [-0.4, -0.2) is 6.54 Å². The highest BCUT2D eigenvalue weighted by molar-refractivity contribution is 5.33. The Hall–Kier alpha value is -0.820. The van der Waals surface area contributed by atoms with Crippen LogP contribution in [0.15, 0.2) is 24.3 Å². The van der Waals surface area contributed by atoms with Crippen molar-refractivity contribution in [2.24, 2.45) is 16.7 Å². The molecule has 1 saturated carbocycles. The second kappa shape index (κ2) is 4.38. The van der Waals surface area contributed by atoms with E-state index in [0.29, 0.717) is 22.8 Å². The summed E-state index contributed by atoms with van der Waals surface area (Å²) in [6, 6.07) is 9.29. The van der Waals surface area contributed by atoms with Crippen molar-refractivity contribution in [2.45, 2.75) is 47.6 Å². The highest BCUT2D eigenvalue weighted by Gasteiger charge is 2.67. The van der Waals surface area contributed by atoms with Gasteiger partial charge in [-0.2, -0.15) is 0 Å². The van der Waals surface area contributed by atoms with E-state index in [0.717, 1.165) is 6.54 Å². The fraction of sp³-hybridized carbons (Fsp3) is 0.647. The molecule has 1 atom stereocenters. The molecule has 1 aromatic carbocycles. The van der Waals surface area contributed by atoms with Crippen LogP contribution in [0.3, 0.4) is 0 Å². The summed E-state index contributed by atoms with van der Waals surface area (Å²) in [7, 11) is 0. The van der Waals surface area contributed by atoms with Crippen LogP contribution < -0.4 is 5.32 Å². The molecular formula is C17H27N. The lowest BCUT2D eigenvalue weighted by Gasteiger charge is -2.22. The van der Waals surface area contributed by atoms with Crippen molar-refractivity contribution in [3.8, 4) is 0 Å². The summed E-state index contributed by atoms with van der Waals surface area (Å²) in [4.78, 5) is 0. The first kappa shape index (κ1) is 13.6. The van der Waals surface area contributed by atoms with Crippen LogP contribution in [0, 0.1) is 23.7 Å². The van der Waals surface area contributed by atoms with Crippen molar-refractivity contribution in [2.75, 3.05) is 6.54 Å². The number of hydrogen-bond donors (Lipinski definition) is 1. The molecule has 1 N–H and O–H groups in total. The Morgan fingerprint density at radius 1 is 1.11 bits per heavy atom. The Morgan fingerprint density at radius 2 is 1.67 bits per heavy atom. The molecule has 0 bridgehead atoms. The summed E-state index contributed by atoms with van der Waals surface area (Å²) >= 11 is 0. The summed E-state index contributed by atoms with van der Waals surface area (Å²) in [6.45, 7) is 15.1. The monoisotopic (exact) mass is 245 g/mol. The smallest absolute Gasteiger partial charge is 0.0361 e. The van der Waals surface area contributed by atoms with Crippen molar-refractivity contribution < 1.29 is 0 Å². The third-order valence-corrected chi connectivity index (χ3v) is 5.41. The minimum Gasteiger partial charge on any atom is -0.310 e. The van der Waals surface area contributed by atoms with Crippen molar-refractivity contribution in [1.29, 1.82) is 0 Å². The second-order valence-corrected chi connectivity index (χ2v) is 6.81. The zero-order valence-corrected chi connectivity index (χ0v) is 12.7. The number of rotatable bonds is 4. The number of hydrogen-bond acceptors (Lipinski definition) is 1. The normalized spacial score (nSPS) is 22.8. The standard InChI is InChI=1S/C17H27N/c1-7-18-14(13-11-9-8-10-12(13)2)15-16(3,4)17(15,5)6/h8-11,14-15,18H,7H2,1-6H3. The molecule has 0 heterocycles. The summed E-state index contributed by atoms with van der Waals surface area (Å²) in [5, 5.41) is 3.71. The molecule has 0 amide bonds. The molecule has 18 heavy (non-hydrogen) atoms. The van der Waals surface area contributed by atoms with E-state index in [9.17, 15) is 0 Å². The van der Waals surface area contributed by atoms with Crippen LogP contribution in [-0.2, 0) is 0 Å². The summed E-state index contributed by atoms with van der Waals surface area (Å²) in [6.07, 6.45) is 0. The molecule has 100 valence electrons. The van der Waals surface area contributed by atoms with Crippen LogP contribution in [0.1, 0.15) is 51.8 Å². The topological polar surface area (TPSA) is 12.0 Å². The van der Waals surface area contributed by atoms with Gasteiger partial charge >= 0.3 is 0 Å². The lowest BCUT2D eigenvalue weighted by molar-refractivity contribution is 0.417. The van der Waals surface area contributed by atoms with Gasteiger partial charge in [0.15, 0.2) is 0 Å². The van der Waals surface area contributed by atoms with Crippen molar-refractivity contribution in [3.05, 3.63) is 35.4 Å². The molecular weight excluding hydrogens is 218 g/mol. The third kappa shape index (κ3) is 1.89. The molecule has 1 unspecified atom stereocenters. The first-order valence-electron chi connectivity index (χ1n) is 7.13. The third-order valence-electron chi connectivity index (χ3n) is 5.41. The fourth-order valence-electron chi connectivity index (χ4n) is 3.64. The maximum Gasteiger partial charge on any atom is 0.0361 e. The predicted octanol–water partition coefficient (Wildman–Crippen LogP) is 4.33. The largest absolute Gasteiger partial charge is 0.310 e. The first-order chi connectivity index (χ1) is 8.34. The fourth-order valence-corrected chi connectivity index (χ4v) is 3.64. The Labute approximate surface area is 112 Å². The zero-order chi connectivity index (χ0) is 13.6. The Morgan fingerprint density at radius 3 is 2.11 bits per heavy atom. The van der Waals surface area contributed by atoms with E-state index in [4.69, 9.17) is 0 Å². The Kier molecular flexibility index (Phi) is 3.31. The molecule has 1 nitrogen and oxygen atoms in total. The van der Waals surface area contributed by atoms with Gasteiger partial charge in [-0.3, -0.25) is 0 Å². The van der Waals surface area contributed by atoms with Crippen LogP contribution in [0.4, 0.5) is 0 Å². The summed E-state index contributed by atoms with van der Waals surface area (Å²) in [5.74, 6) is 0.714. The van der Waals surface area contributed by atoms with Gasteiger partial charge < -0.3 is 5.32 Å². The maximum absolute atomic E-state index is 3.71. The minimum atomic E-state index is 0.419. The molecule has 1 aliphatic carbocycles. The van der Waals surface area contributed by atoms with E-state index in [1.54, 1.807) is 0 Å². The Bertz CT molecular complexity index is 417. The molecule has 1 heteroatoms. The van der Waals surface area contributed by atoms with Gasteiger partial charge in [-0.05, 0) is 41.3 Å². The zero-order valence-electron chi connectivity index (χ0n) is 12.7. The first-order valence-corrected chi connectivity index (χ1v) is 7.13. The second-order valence-electron chi connectivity index (χ2n) is 6.81. The van der Waals surface area contributed by atoms with Gasteiger partial charge in [-0.25, -0.2) is 0 Å². The lowest BCUT2D eigenvalue weighted by Crippen LogP contribution is -2.25. The Balaban J connectivity index is 2.35. The van der Waals surface area contributed by atoms with Crippen molar-refractivity contribution in [3.63, 3.8) is 0 Å². The molecule has 2 rings (SSSR count). The van der Waals surface area contributed by atoms with E-state index < -0.39 is 0 Å². The maximum atomic E-state index is 3.71. The van der Waals surface area contributed by atoms with E-state index in [-0.39, 0.29) is 0 Å². The van der Waals surface area contributed by atoms with E-state index in [1.165, 1.54) is 11.1 Å². The molecule has 0 saturated heterocycles. The van der Waals surface area contributed by atoms with Crippen LogP contribution in [0.25, 0.3) is 0 Å². The van der Waals surface area contributed by atoms with Crippen LogP contribution in [0.2, 0.25) is 0 Å². The predicted molar refractivity (Wildman–Crippen MR) is 78.6 cm³/mol. The van der Waals surface area contributed by atoms with E-state index in [2.05, 4.69) is 71.1 Å². The highest BCUT2D eigenvalue weighted by Crippen LogP contribution is 2.72. The average Bonchev–Trinajstić information content (AvgIpc) is 2.68. The van der Waals surface area contributed by atoms with E-state index in [1.807, 2.05) is 0 Å². The van der Waals surface area contributed by atoms with E-state index >= 15 is 0 Å². The number of nitrogens with one attached hydrogen (secondary N) is 1. The summed E-state index contributed by atoms with van der Waals surface area (Å²) < 4.78 is 0. The molecule has 0 aromatic heterocycles. The summed E-state index contributed by atoms with van der Waals surface area (Å²) in [5.41, 5.74) is 3.72. The van der Waals surface area contributed by atoms with Gasteiger partial charge in [0, 0.05) is 6.04 Å². The lowest BCUT2D eigenvalue weighted by atomic mass is 9.93. The van der Waals surface area contributed by atoms with Gasteiger partial charge in [0.05, 0.1) is 0 Å². The number of aryl methyl sites for hydroxylation is 1. The van der Waals surface area contributed by atoms with Gasteiger partial charge in [0.1, 0.15) is 0 Å². The molecule has 0 radical (unpaired) electrons. The number of benzene rings is 1. The molecule has 1 aliphatic rings. The van der Waals surface area contributed by atoms with Gasteiger partial charge in [0.2, 0.25) is 0 Å². The van der Waals surface area contributed by atoms with Gasteiger partial charge in [-0.1, -0.05) is 58.9 Å². The van der Waals surface area contributed by atoms with Crippen LogP contribution >= 0.6 is 0 Å². The van der Waals surface area contributed by atoms with Gasteiger partial charge in [-0.15, -0.1) is 0 Å². The molecule has 1 fully saturated rings. The van der Waals surface area contributed by atoms with Crippen molar-refractivity contribution >= 4 is 0 Å². The average molecular weight is 245 g/mol. The SMILES string of the molecule is CCNC(c1ccccc1C)C1C(C)(C)C1(C)C. The highest BCUT2D eigenvalue weighted by atomic mass is 15.0. The van der Waals surface area contributed by atoms with Crippen molar-refractivity contribution in [1.82, 2.24) is 5.32 Å². The quantitative estimate of drug-likeness (QED) is 0.832.